The van der Waals surface area contributed by atoms with E-state index in [4.69, 9.17) is 21.1 Å². The maximum atomic E-state index is 12.5. The van der Waals surface area contributed by atoms with Crippen LogP contribution in [0.4, 0.5) is 5.69 Å². The Balaban J connectivity index is 2.12. The van der Waals surface area contributed by atoms with Crippen molar-refractivity contribution in [1.82, 2.24) is 4.57 Å². The fraction of sp³-hybridized carbons (Fsp3) is 0.389. The average molecular weight is 349 g/mol. The third-order valence-electron chi connectivity index (χ3n) is 4.11. The number of aryl methyl sites for hydroxylation is 1. The number of morpholine rings is 1. The quantitative estimate of drug-likeness (QED) is 0.795. The molecule has 0 aliphatic carbocycles. The van der Waals surface area contributed by atoms with Crippen LogP contribution in [0.15, 0.2) is 30.5 Å². The predicted octanol–water partition coefficient (Wildman–Crippen LogP) is 3.36. The van der Waals surface area contributed by atoms with E-state index in [2.05, 4.69) is 4.90 Å². The number of rotatable bonds is 4. The van der Waals surface area contributed by atoms with Crippen LogP contribution < -0.4 is 4.90 Å². The first kappa shape index (κ1) is 16.9. The Bertz CT molecular complexity index is 719. The molecular formula is C18H21ClN2O3. The second kappa shape index (κ2) is 7.28. The van der Waals surface area contributed by atoms with Crippen molar-refractivity contribution in [3.8, 4) is 11.1 Å². The van der Waals surface area contributed by atoms with Gasteiger partial charge in [-0.2, -0.15) is 0 Å². The highest BCUT2D eigenvalue weighted by Gasteiger charge is 2.27. The van der Waals surface area contributed by atoms with Crippen molar-refractivity contribution in [1.29, 1.82) is 0 Å². The van der Waals surface area contributed by atoms with Gasteiger partial charge in [0, 0.05) is 36.9 Å². The molecule has 0 unspecified atom stereocenters. The predicted molar refractivity (Wildman–Crippen MR) is 94.8 cm³/mol. The van der Waals surface area contributed by atoms with Crippen LogP contribution in [0.1, 0.15) is 17.4 Å². The topological polar surface area (TPSA) is 43.7 Å². The van der Waals surface area contributed by atoms with Crippen LogP contribution in [-0.4, -0.2) is 43.4 Å². The Morgan fingerprint density at radius 1 is 1.25 bits per heavy atom. The summed E-state index contributed by atoms with van der Waals surface area (Å²) in [4.78, 5) is 14.7. The molecule has 0 atom stereocenters. The van der Waals surface area contributed by atoms with E-state index in [-0.39, 0.29) is 5.97 Å². The molecule has 6 heteroatoms. The number of carbonyl (C=O) groups is 1. The highest BCUT2D eigenvalue weighted by atomic mass is 35.5. The Hall–Kier alpha value is -1.98. The van der Waals surface area contributed by atoms with E-state index in [9.17, 15) is 4.79 Å². The second-order valence-electron chi connectivity index (χ2n) is 5.68. The molecule has 2 aromatic rings. The van der Waals surface area contributed by atoms with Gasteiger partial charge in [0.1, 0.15) is 0 Å². The van der Waals surface area contributed by atoms with Crippen LogP contribution in [0.3, 0.4) is 0 Å². The highest BCUT2D eigenvalue weighted by Crippen LogP contribution is 2.37. The molecule has 128 valence electrons. The summed E-state index contributed by atoms with van der Waals surface area (Å²) >= 11 is 6.01. The highest BCUT2D eigenvalue weighted by molar-refractivity contribution is 6.30. The number of nitrogens with zero attached hydrogens (tertiary/aromatic N) is 2. The number of hydrogen-bond donors (Lipinski definition) is 0. The van der Waals surface area contributed by atoms with Crippen LogP contribution in [0.25, 0.3) is 11.1 Å². The number of halogens is 1. The normalized spacial score (nSPS) is 14.7. The van der Waals surface area contributed by atoms with Crippen molar-refractivity contribution < 1.29 is 14.3 Å². The van der Waals surface area contributed by atoms with Gasteiger partial charge in [-0.05, 0) is 24.6 Å². The van der Waals surface area contributed by atoms with Gasteiger partial charge in [0.05, 0.1) is 25.5 Å². The zero-order chi connectivity index (χ0) is 17.1. The van der Waals surface area contributed by atoms with Crippen LogP contribution in [0, 0.1) is 0 Å². The summed E-state index contributed by atoms with van der Waals surface area (Å²) in [6, 6.07) is 7.65. The van der Waals surface area contributed by atoms with Gasteiger partial charge in [0.15, 0.2) is 5.69 Å². The molecule has 3 rings (SSSR count). The number of anilines is 1. The summed E-state index contributed by atoms with van der Waals surface area (Å²) in [5, 5.41) is 0.688. The molecule has 0 radical (unpaired) electrons. The fourth-order valence-electron chi connectivity index (χ4n) is 3.00. The molecule has 0 N–H and O–H groups in total. The number of carbonyl (C=O) groups excluding carboxylic acids is 1. The van der Waals surface area contributed by atoms with Crippen molar-refractivity contribution in [3.05, 3.63) is 41.2 Å². The molecule has 1 fully saturated rings. The summed E-state index contributed by atoms with van der Waals surface area (Å²) < 4.78 is 12.6. The van der Waals surface area contributed by atoms with Gasteiger partial charge < -0.3 is 18.9 Å². The number of esters is 1. The summed E-state index contributed by atoms with van der Waals surface area (Å²) in [5.74, 6) is -0.304. The molecule has 0 saturated carbocycles. The van der Waals surface area contributed by atoms with Gasteiger partial charge in [-0.1, -0.05) is 23.7 Å². The molecule has 2 heterocycles. The first-order valence-electron chi connectivity index (χ1n) is 8.07. The van der Waals surface area contributed by atoms with Crippen LogP contribution in [-0.2, 0) is 16.5 Å². The van der Waals surface area contributed by atoms with E-state index in [0.29, 0.717) is 30.5 Å². The Labute approximate surface area is 146 Å². The molecule has 1 aliphatic heterocycles. The van der Waals surface area contributed by atoms with Gasteiger partial charge >= 0.3 is 5.97 Å². The maximum Gasteiger partial charge on any atom is 0.357 e. The van der Waals surface area contributed by atoms with Crippen molar-refractivity contribution in [3.63, 3.8) is 0 Å². The Morgan fingerprint density at radius 3 is 2.54 bits per heavy atom. The summed E-state index contributed by atoms with van der Waals surface area (Å²) in [7, 11) is 1.87. The number of benzene rings is 1. The monoisotopic (exact) mass is 348 g/mol. The zero-order valence-corrected chi connectivity index (χ0v) is 14.7. The Kier molecular flexibility index (Phi) is 5.11. The third kappa shape index (κ3) is 3.28. The largest absolute Gasteiger partial charge is 0.461 e. The lowest BCUT2D eigenvalue weighted by molar-refractivity contribution is 0.0515. The molecule has 24 heavy (non-hydrogen) atoms. The minimum Gasteiger partial charge on any atom is -0.461 e. The van der Waals surface area contributed by atoms with E-state index >= 15 is 0 Å². The maximum absolute atomic E-state index is 12.5. The van der Waals surface area contributed by atoms with E-state index in [1.807, 2.05) is 49.0 Å². The average Bonchev–Trinajstić information content (AvgIpc) is 2.94. The first-order valence-corrected chi connectivity index (χ1v) is 8.44. The lowest BCUT2D eigenvalue weighted by Crippen LogP contribution is -2.37. The van der Waals surface area contributed by atoms with Crippen LogP contribution in [0.5, 0.6) is 0 Å². The minimum absolute atomic E-state index is 0.304. The molecule has 0 spiro atoms. The van der Waals surface area contributed by atoms with Crippen molar-refractivity contribution in [2.24, 2.45) is 7.05 Å². The summed E-state index contributed by atoms with van der Waals surface area (Å²) in [6.45, 7) is 4.96. The van der Waals surface area contributed by atoms with E-state index in [1.165, 1.54) is 0 Å². The Morgan fingerprint density at radius 2 is 1.92 bits per heavy atom. The fourth-order valence-corrected chi connectivity index (χ4v) is 3.13. The molecule has 0 amide bonds. The third-order valence-corrected chi connectivity index (χ3v) is 4.36. The molecule has 1 aromatic heterocycles. The molecule has 0 bridgehead atoms. The van der Waals surface area contributed by atoms with E-state index < -0.39 is 0 Å². The number of ether oxygens (including phenoxy) is 2. The molecular weight excluding hydrogens is 328 g/mol. The second-order valence-corrected chi connectivity index (χ2v) is 6.11. The first-order chi connectivity index (χ1) is 11.6. The van der Waals surface area contributed by atoms with Gasteiger partial charge in [-0.3, -0.25) is 0 Å². The van der Waals surface area contributed by atoms with E-state index in [0.717, 1.165) is 29.9 Å². The van der Waals surface area contributed by atoms with Gasteiger partial charge in [0.25, 0.3) is 0 Å². The molecule has 1 aromatic carbocycles. The standard InChI is InChI=1S/C18H21ClN2O3/c1-3-24-18(22)17-16(21-8-10-23-11-9-21)15(12-20(17)2)13-4-6-14(19)7-5-13/h4-7,12H,3,8-11H2,1-2H3. The van der Waals surface area contributed by atoms with Crippen LogP contribution in [0.2, 0.25) is 5.02 Å². The molecule has 1 saturated heterocycles. The molecule has 1 aliphatic rings. The van der Waals surface area contributed by atoms with Crippen molar-refractivity contribution >= 4 is 23.3 Å². The van der Waals surface area contributed by atoms with Gasteiger partial charge in [-0.15, -0.1) is 0 Å². The molecule has 5 nitrogen and oxygen atoms in total. The zero-order valence-electron chi connectivity index (χ0n) is 13.9. The lowest BCUT2D eigenvalue weighted by atomic mass is 10.1. The van der Waals surface area contributed by atoms with Gasteiger partial charge in [-0.25, -0.2) is 4.79 Å². The summed E-state index contributed by atoms with van der Waals surface area (Å²) in [6.07, 6.45) is 1.97. The van der Waals surface area contributed by atoms with Crippen molar-refractivity contribution in [2.75, 3.05) is 37.8 Å². The minimum atomic E-state index is -0.304. The summed E-state index contributed by atoms with van der Waals surface area (Å²) in [5.41, 5.74) is 3.50. The smallest absolute Gasteiger partial charge is 0.357 e. The van der Waals surface area contributed by atoms with Crippen molar-refractivity contribution in [2.45, 2.75) is 6.92 Å². The van der Waals surface area contributed by atoms with Gasteiger partial charge in [0.2, 0.25) is 0 Å². The van der Waals surface area contributed by atoms with E-state index in [1.54, 1.807) is 0 Å². The van der Waals surface area contributed by atoms with Crippen LogP contribution >= 0.6 is 11.6 Å². The lowest BCUT2D eigenvalue weighted by Gasteiger charge is -2.30. The SMILES string of the molecule is CCOC(=O)c1c(N2CCOCC2)c(-c2ccc(Cl)cc2)cn1C. The number of hydrogen-bond acceptors (Lipinski definition) is 4. The number of aromatic nitrogens is 1.